The second-order valence-electron chi connectivity index (χ2n) is 8.33. The van der Waals surface area contributed by atoms with Crippen molar-refractivity contribution in [3.63, 3.8) is 0 Å². The molecule has 0 radical (unpaired) electrons. The van der Waals surface area contributed by atoms with Crippen molar-refractivity contribution in [2.24, 2.45) is 4.99 Å². The summed E-state index contributed by atoms with van der Waals surface area (Å²) in [6.45, 7) is 1.98. The lowest BCUT2D eigenvalue weighted by Gasteiger charge is -2.16. The summed E-state index contributed by atoms with van der Waals surface area (Å²) in [5, 5.41) is 12.1. The number of aromatic carboxylic acids is 1. The summed E-state index contributed by atoms with van der Waals surface area (Å²) in [5.74, 6) is -0.764. The zero-order chi connectivity index (χ0) is 25.4. The van der Waals surface area contributed by atoms with Crippen molar-refractivity contribution >= 4 is 23.3 Å². The molecule has 4 aromatic rings. The highest BCUT2D eigenvalue weighted by Crippen LogP contribution is 2.37. The highest BCUT2D eigenvalue weighted by Gasteiger charge is 2.35. The zero-order valence-electron chi connectivity index (χ0n) is 19.0. The summed E-state index contributed by atoms with van der Waals surface area (Å²) in [5.41, 5.74) is 3.56. The third-order valence-electron chi connectivity index (χ3n) is 5.83. The van der Waals surface area contributed by atoms with Gasteiger partial charge in [0.25, 0.3) is 0 Å². The van der Waals surface area contributed by atoms with E-state index < -0.39 is 17.7 Å². The zero-order valence-corrected chi connectivity index (χ0v) is 19.0. The van der Waals surface area contributed by atoms with Crippen LogP contribution in [0.25, 0.3) is 11.3 Å². The first-order chi connectivity index (χ1) is 17.2. The fourth-order valence-corrected chi connectivity index (χ4v) is 4.12. The molecule has 0 saturated carbocycles. The standard InChI is InChI=1S/C27H19F3N4O2/c1-15-6-11-19-21(12-15)24(20-4-2-3-5-22(20)27(28,29)30)31-13-17-14-32-26(34-23(17)19)33-18-9-7-16(8-10-18)25(35)36/h2-12,14H,13H2,1H3,(H,35,36)(H,32,33,34). The Morgan fingerprint density at radius 1 is 0.972 bits per heavy atom. The van der Waals surface area contributed by atoms with Gasteiger partial charge in [-0.05, 0) is 43.3 Å². The molecule has 0 saturated heterocycles. The molecule has 6 nitrogen and oxygen atoms in total. The lowest BCUT2D eigenvalue weighted by atomic mass is 9.91. The topological polar surface area (TPSA) is 87.5 Å². The maximum atomic E-state index is 13.8. The van der Waals surface area contributed by atoms with E-state index in [0.29, 0.717) is 28.1 Å². The lowest BCUT2D eigenvalue weighted by molar-refractivity contribution is -0.137. The first kappa shape index (κ1) is 23.2. The summed E-state index contributed by atoms with van der Waals surface area (Å²) in [4.78, 5) is 24.7. The number of halogens is 3. The predicted molar refractivity (Wildman–Crippen MR) is 130 cm³/mol. The number of carbonyl (C=O) groups is 1. The van der Waals surface area contributed by atoms with Gasteiger partial charge in [0.1, 0.15) is 0 Å². The number of anilines is 2. The van der Waals surface area contributed by atoms with Crippen molar-refractivity contribution in [3.05, 3.63) is 106 Å². The van der Waals surface area contributed by atoms with Crippen LogP contribution in [-0.4, -0.2) is 26.8 Å². The number of carboxylic acid groups (broad SMARTS) is 1. The Kier molecular flexibility index (Phi) is 5.75. The van der Waals surface area contributed by atoms with Crippen LogP contribution in [0.15, 0.2) is 77.9 Å². The minimum absolute atomic E-state index is 0.00878. The van der Waals surface area contributed by atoms with Crippen LogP contribution in [-0.2, 0) is 12.7 Å². The Bertz CT molecular complexity index is 1510. The largest absolute Gasteiger partial charge is 0.478 e. The van der Waals surface area contributed by atoms with Gasteiger partial charge in [-0.15, -0.1) is 0 Å². The van der Waals surface area contributed by atoms with Crippen LogP contribution in [0.2, 0.25) is 0 Å². The van der Waals surface area contributed by atoms with Gasteiger partial charge in [-0.1, -0.05) is 35.9 Å². The molecule has 1 aliphatic rings. The molecular formula is C27H19F3N4O2. The average molecular weight is 488 g/mol. The Balaban J connectivity index is 1.59. The van der Waals surface area contributed by atoms with Crippen LogP contribution in [0.5, 0.6) is 0 Å². The molecule has 2 heterocycles. The molecule has 0 unspecified atom stereocenters. The van der Waals surface area contributed by atoms with Crippen molar-refractivity contribution in [1.82, 2.24) is 9.97 Å². The van der Waals surface area contributed by atoms with E-state index in [4.69, 9.17) is 5.11 Å². The summed E-state index contributed by atoms with van der Waals surface area (Å²) in [6, 6.07) is 17.1. The first-order valence-electron chi connectivity index (χ1n) is 11.0. The van der Waals surface area contributed by atoms with Crippen molar-refractivity contribution in [1.29, 1.82) is 0 Å². The number of benzene rings is 3. The van der Waals surface area contributed by atoms with Crippen LogP contribution < -0.4 is 5.32 Å². The minimum atomic E-state index is -4.53. The van der Waals surface area contributed by atoms with Gasteiger partial charge in [0.2, 0.25) is 5.95 Å². The molecule has 5 rings (SSSR count). The Labute approximate surface area is 204 Å². The molecule has 0 bridgehead atoms. The van der Waals surface area contributed by atoms with Gasteiger partial charge in [0.15, 0.2) is 0 Å². The smallest absolute Gasteiger partial charge is 0.417 e. The molecule has 9 heteroatoms. The molecule has 36 heavy (non-hydrogen) atoms. The number of fused-ring (bicyclic) bond motifs is 3. The SMILES string of the molecule is Cc1ccc2c(c1)C(c1ccccc1C(F)(F)F)=NCc1cnc(Nc3ccc(C(=O)O)cc3)nc1-2. The fourth-order valence-electron chi connectivity index (χ4n) is 4.12. The molecule has 0 fully saturated rings. The van der Waals surface area contributed by atoms with Gasteiger partial charge in [0.05, 0.1) is 29.1 Å². The van der Waals surface area contributed by atoms with Crippen LogP contribution in [0.3, 0.4) is 0 Å². The van der Waals surface area contributed by atoms with Gasteiger partial charge in [-0.25, -0.2) is 14.8 Å². The van der Waals surface area contributed by atoms with E-state index in [-0.39, 0.29) is 29.3 Å². The summed E-state index contributed by atoms with van der Waals surface area (Å²) >= 11 is 0. The number of alkyl halides is 3. The highest BCUT2D eigenvalue weighted by atomic mass is 19.4. The second-order valence-corrected chi connectivity index (χ2v) is 8.33. The third kappa shape index (κ3) is 4.43. The minimum Gasteiger partial charge on any atom is -0.478 e. The number of carboxylic acids is 1. The van der Waals surface area contributed by atoms with E-state index in [2.05, 4.69) is 20.3 Å². The fraction of sp³-hybridized carbons (Fsp3) is 0.111. The Morgan fingerprint density at radius 3 is 2.44 bits per heavy atom. The van der Waals surface area contributed by atoms with Crippen LogP contribution in [0.4, 0.5) is 24.8 Å². The highest BCUT2D eigenvalue weighted by molar-refractivity contribution is 6.17. The molecule has 0 atom stereocenters. The quantitative estimate of drug-likeness (QED) is 0.354. The van der Waals surface area contributed by atoms with Crippen LogP contribution in [0.1, 0.15) is 38.2 Å². The van der Waals surface area contributed by atoms with E-state index in [1.165, 1.54) is 24.3 Å². The van der Waals surface area contributed by atoms with Crippen LogP contribution >= 0.6 is 0 Å². The summed E-state index contributed by atoms with van der Waals surface area (Å²) in [6.07, 6.45) is -2.93. The Hall–Kier alpha value is -4.53. The maximum Gasteiger partial charge on any atom is 0.417 e. The molecule has 1 aromatic heterocycles. The monoisotopic (exact) mass is 488 g/mol. The van der Waals surface area contributed by atoms with Gasteiger partial charge in [0, 0.05) is 34.1 Å². The molecule has 2 N–H and O–H groups in total. The first-order valence-corrected chi connectivity index (χ1v) is 11.0. The Morgan fingerprint density at radius 2 is 1.72 bits per heavy atom. The van der Waals surface area contributed by atoms with Gasteiger partial charge in [-0.3, -0.25) is 4.99 Å². The van der Waals surface area contributed by atoms with Gasteiger partial charge in [-0.2, -0.15) is 13.2 Å². The second kappa shape index (κ2) is 8.92. The van der Waals surface area contributed by atoms with Crippen molar-refractivity contribution in [3.8, 4) is 11.3 Å². The number of aryl methyl sites for hydroxylation is 1. The summed E-state index contributed by atoms with van der Waals surface area (Å²) in [7, 11) is 0. The normalized spacial score (nSPS) is 12.7. The number of aliphatic imine (C=N–C) groups is 1. The third-order valence-corrected chi connectivity index (χ3v) is 5.83. The van der Waals surface area contributed by atoms with E-state index in [9.17, 15) is 18.0 Å². The molecule has 3 aromatic carbocycles. The van der Waals surface area contributed by atoms with E-state index >= 15 is 0 Å². The average Bonchev–Trinajstić information content (AvgIpc) is 3.00. The number of nitrogens with zero attached hydrogens (tertiary/aromatic N) is 3. The number of aromatic nitrogens is 2. The van der Waals surface area contributed by atoms with Gasteiger partial charge >= 0.3 is 12.1 Å². The van der Waals surface area contributed by atoms with Gasteiger partial charge < -0.3 is 10.4 Å². The molecular weight excluding hydrogens is 469 g/mol. The summed E-state index contributed by atoms with van der Waals surface area (Å²) < 4.78 is 41.5. The lowest BCUT2D eigenvalue weighted by Crippen LogP contribution is -2.15. The van der Waals surface area contributed by atoms with Crippen molar-refractivity contribution in [2.75, 3.05) is 5.32 Å². The van der Waals surface area contributed by atoms with E-state index in [0.717, 1.165) is 11.6 Å². The van der Waals surface area contributed by atoms with Crippen molar-refractivity contribution in [2.45, 2.75) is 19.6 Å². The number of nitrogens with one attached hydrogen (secondary N) is 1. The maximum absolute atomic E-state index is 13.8. The van der Waals surface area contributed by atoms with E-state index in [1.54, 1.807) is 24.4 Å². The molecule has 1 aliphatic heterocycles. The number of hydrogen-bond acceptors (Lipinski definition) is 5. The van der Waals surface area contributed by atoms with Crippen LogP contribution in [0, 0.1) is 6.92 Å². The van der Waals surface area contributed by atoms with E-state index in [1.807, 2.05) is 25.1 Å². The number of hydrogen-bond donors (Lipinski definition) is 2. The van der Waals surface area contributed by atoms with Crippen molar-refractivity contribution < 1.29 is 23.1 Å². The predicted octanol–water partition coefficient (Wildman–Crippen LogP) is 6.26. The molecule has 0 aliphatic carbocycles. The molecule has 180 valence electrons. The number of rotatable bonds is 4. The molecule has 0 amide bonds. The molecule has 0 spiro atoms.